The Hall–Kier alpha value is -2.55. The summed E-state index contributed by atoms with van der Waals surface area (Å²) in [6.07, 6.45) is 0.218. The molecule has 2 aromatic rings. The minimum Gasteiger partial charge on any atom is -0.383 e. The molecule has 0 radical (unpaired) electrons. The van der Waals surface area contributed by atoms with Gasteiger partial charge in [-0.25, -0.2) is 4.79 Å². The number of nitrogens with zero attached hydrogens (tertiary/aromatic N) is 1. The average Bonchev–Trinajstić information content (AvgIpc) is 2.91. The molecule has 1 amide bonds. The summed E-state index contributed by atoms with van der Waals surface area (Å²) in [6.45, 7) is 0. The van der Waals surface area contributed by atoms with Crippen LogP contribution in [0.25, 0.3) is 11.4 Å². The van der Waals surface area contributed by atoms with Crippen LogP contribution in [0.3, 0.4) is 0 Å². The molecule has 0 saturated heterocycles. The summed E-state index contributed by atoms with van der Waals surface area (Å²) in [4.78, 5) is 25.1. The highest BCUT2D eigenvalue weighted by Gasteiger charge is 2.61. The molecule has 0 atom stereocenters. The minimum atomic E-state index is -3.89. The van der Waals surface area contributed by atoms with Crippen LogP contribution >= 0.6 is 0 Å². The second-order valence-electron chi connectivity index (χ2n) is 5.44. The molecule has 23 heavy (non-hydrogen) atoms. The van der Waals surface area contributed by atoms with Crippen molar-refractivity contribution in [3.8, 4) is 11.4 Å². The highest BCUT2D eigenvalue weighted by atomic mass is 19.3. The van der Waals surface area contributed by atoms with E-state index in [9.17, 15) is 23.5 Å². The van der Waals surface area contributed by atoms with Gasteiger partial charge >= 0.3 is 11.7 Å². The van der Waals surface area contributed by atoms with Gasteiger partial charge in [-0.3, -0.25) is 14.3 Å². The molecule has 1 saturated carbocycles. The van der Waals surface area contributed by atoms with Gasteiger partial charge in [0.25, 0.3) is 5.91 Å². The van der Waals surface area contributed by atoms with Crippen LogP contribution in [0.5, 0.6) is 0 Å². The maximum atomic E-state index is 14.0. The Balaban J connectivity index is 1.80. The van der Waals surface area contributed by atoms with Crippen molar-refractivity contribution in [1.82, 2.24) is 10.1 Å². The molecule has 7 nitrogen and oxygen atoms in total. The summed E-state index contributed by atoms with van der Waals surface area (Å²) >= 11 is 0. The van der Waals surface area contributed by atoms with Crippen molar-refractivity contribution in [2.75, 3.05) is 5.32 Å². The fourth-order valence-corrected chi connectivity index (χ4v) is 2.35. The SMILES string of the molecule is O=C(Nc1cccc(-c2noc(=O)[nH]2)c1)C(F)(F)C1(O)CCC1. The molecule has 9 heteroatoms. The van der Waals surface area contributed by atoms with Crippen LogP contribution in [0, 0.1) is 0 Å². The molecule has 1 aliphatic rings. The third-order valence-corrected chi connectivity index (χ3v) is 3.88. The fraction of sp³-hybridized carbons (Fsp3) is 0.357. The Morgan fingerprint density at radius 1 is 1.43 bits per heavy atom. The first-order valence-electron chi connectivity index (χ1n) is 6.90. The summed E-state index contributed by atoms with van der Waals surface area (Å²) in [6, 6.07) is 5.81. The highest BCUT2D eigenvalue weighted by molar-refractivity contribution is 5.97. The molecule has 1 aliphatic carbocycles. The number of carbonyl (C=O) groups excluding carboxylic acids is 1. The van der Waals surface area contributed by atoms with E-state index in [4.69, 9.17) is 0 Å². The van der Waals surface area contributed by atoms with E-state index in [-0.39, 0.29) is 24.4 Å². The normalized spacial score (nSPS) is 16.7. The van der Waals surface area contributed by atoms with Gasteiger partial charge in [-0.05, 0) is 31.4 Å². The Kier molecular flexibility index (Phi) is 3.52. The number of aliphatic hydroxyl groups is 1. The van der Waals surface area contributed by atoms with Crippen molar-refractivity contribution < 1.29 is 23.2 Å². The van der Waals surface area contributed by atoms with Crippen LogP contribution in [0.2, 0.25) is 0 Å². The number of amides is 1. The summed E-state index contributed by atoms with van der Waals surface area (Å²) < 4.78 is 32.4. The van der Waals surface area contributed by atoms with E-state index in [0.29, 0.717) is 12.0 Å². The van der Waals surface area contributed by atoms with E-state index in [0.717, 1.165) is 0 Å². The van der Waals surface area contributed by atoms with E-state index in [1.54, 1.807) is 6.07 Å². The zero-order valence-electron chi connectivity index (χ0n) is 11.8. The van der Waals surface area contributed by atoms with Crippen LogP contribution in [-0.4, -0.2) is 32.7 Å². The van der Waals surface area contributed by atoms with Crippen LogP contribution in [0.4, 0.5) is 14.5 Å². The second kappa shape index (κ2) is 5.27. The number of hydrogen-bond acceptors (Lipinski definition) is 5. The summed E-state index contributed by atoms with van der Waals surface area (Å²) in [7, 11) is 0. The van der Waals surface area contributed by atoms with Gasteiger partial charge in [0.1, 0.15) is 5.60 Å². The van der Waals surface area contributed by atoms with Crippen molar-refractivity contribution in [3.63, 3.8) is 0 Å². The average molecular weight is 325 g/mol. The number of carbonyl (C=O) groups is 1. The first-order chi connectivity index (χ1) is 10.8. The quantitative estimate of drug-likeness (QED) is 0.790. The molecule has 3 rings (SSSR count). The van der Waals surface area contributed by atoms with Gasteiger partial charge in [-0.15, -0.1) is 0 Å². The largest absolute Gasteiger partial charge is 0.439 e. The smallest absolute Gasteiger partial charge is 0.383 e. The van der Waals surface area contributed by atoms with Crippen molar-refractivity contribution in [1.29, 1.82) is 0 Å². The van der Waals surface area contributed by atoms with Crippen LogP contribution in [0.1, 0.15) is 19.3 Å². The molecule has 1 aromatic carbocycles. The Labute approximate surface area is 128 Å². The molecule has 0 bridgehead atoms. The third kappa shape index (κ3) is 2.63. The zero-order valence-corrected chi connectivity index (χ0v) is 11.8. The van der Waals surface area contributed by atoms with Crippen LogP contribution in [0.15, 0.2) is 33.6 Å². The minimum absolute atomic E-state index is 0.0824. The molecular formula is C14H13F2N3O4. The van der Waals surface area contributed by atoms with Gasteiger partial charge in [-0.2, -0.15) is 8.78 Å². The van der Waals surface area contributed by atoms with Crippen molar-refractivity contribution in [3.05, 3.63) is 34.8 Å². The predicted molar refractivity (Wildman–Crippen MR) is 74.9 cm³/mol. The monoisotopic (exact) mass is 325 g/mol. The first-order valence-corrected chi connectivity index (χ1v) is 6.90. The number of aromatic nitrogens is 2. The molecule has 1 heterocycles. The van der Waals surface area contributed by atoms with Crippen molar-refractivity contribution in [2.45, 2.75) is 30.8 Å². The molecule has 122 valence electrons. The third-order valence-electron chi connectivity index (χ3n) is 3.88. The lowest BCUT2D eigenvalue weighted by atomic mass is 9.75. The number of H-pyrrole nitrogens is 1. The lowest BCUT2D eigenvalue weighted by molar-refractivity contribution is -0.212. The number of anilines is 1. The molecule has 1 aromatic heterocycles. The topological polar surface area (TPSA) is 108 Å². The summed E-state index contributed by atoms with van der Waals surface area (Å²) in [5, 5.41) is 15.3. The van der Waals surface area contributed by atoms with Gasteiger partial charge in [0, 0.05) is 11.3 Å². The van der Waals surface area contributed by atoms with Gasteiger partial charge in [0.2, 0.25) is 0 Å². The van der Waals surface area contributed by atoms with Crippen molar-refractivity contribution in [2.24, 2.45) is 0 Å². The van der Waals surface area contributed by atoms with Gasteiger partial charge < -0.3 is 10.4 Å². The Morgan fingerprint density at radius 2 is 2.17 bits per heavy atom. The number of halogens is 2. The van der Waals surface area contributed by atoms with Gasteiger partial charge in [-0.1, -0.05) is 17.3 Å². The lowest BCUT2D eigenvalue weighted by Crippen LogP contribution is -2.59. The number of rotatable bonds is 4. The lowest BCUT2D eigenvalue weighted by Gasteiger charge is -2.41. The molecular weight excluding hydrogens is 312 g/mol. The van der Waals surface area contributed by atoms with E-state index < -0.39 is 23.2 Å². The van der Waals surface area contributed by atoms with E-state index >= 15 is 0 Å². The van der Waals surface area contributed by atoms with Gasteiger partial charge in [0.05, 0.1) is 0 Å². The van der Waals surface area contributed by atoms with Crippen molar-refractivity contribution >= 4 is 11.6 Å². The Morgan fingerprint density at radius 3 is 2.74 bits per heavy atom. The first kappa shape index (κ1) is 15.3. The standard InChI is InChI=1S/C14H13F2N3O4/c15-14(16,13(22)5-2-6-13)11(20)17-9-4-1-3-8(7-9)10-18-12(21)23-19-10/h1,3-4,7,22H,2,5-6H2,(H,17,20)(H,18,19,21). The molecule has 3 N–H and O–H groups in total. The number of nitrogens with one attached hydrogen (secondary N) is 2. The number of alkyl halides is 2. The number of benzene rings is 1. The number of hydrogen-bond donors (Lipinski definition) is 3. The molecule has 0 aliphatic heterocycles. The maximum absolute atomic E-state index is 14.0. The van der Waals surface area contributed by atoms with Crippen LogP contribution in [-0.2, 0) is 4.79 Å². The fourth-order valence-electron chi connectivity index (χ4n) is 2.35. The van der Waals surface area contributed by atoms with E-state index in [1.807, 2.05) is 0 Å². The molecule has 0 unspecified atom stereocenters. The highest BCUT2D eigenvalue weighted by Crippen LogP contribution is 2.44. The molecule has 0 spiro atoms. The number of aromatic amines is 1. The maximum Gasteiger partial charge on any atom is 0.439 e. The summed E-state index contributed by atoms with van der Waals surface area (Å²) in [5.74, 6) is -6.11. The summed E-state index contributed by atoms with van der Waals surface area (Å²) in [5.41, 5.74) is -1.83. The molecule has 1 fully saturated rings. The zero-order chi connectivity index (χ0) is 16.7. The van der Waals surface area contributed by atoms with E-state index in [1.165, 1.54) is 18.2 Å². The van der Waals surface area contributed by atoms with E-state index in [2.05, 4.69) is 20.0 Å². The predicted octanol–water partition coefficient (Wildman–Crippen LogP) is 1.52. The second-order valence-corrected chi connectivity index (χ2v) is 5.44. The van der Waals surface area contributed by atoms with Crippen LogP contribution < -0.4 is 11.1 Å². The Bertz CT molecular complexity index is 795. The van der Waals surface area contributed by atoms with Gasteiger partial charge in [0.15, 0.2) is 5.82 Å².